The molecule has 0 aliphatic heterocycles. The van der Waals surface area contributed by atoms with Crippen LogP contribution in [0.15, 0.2) is 18.2 Å². The van der Waals surface area contributed by atoms with Gasteiger partial charge in [0.05, 0.1) is 6.42 Å². The van der Waals surface area contributed by atoms with E-state index in [2.05, 4.69) is 12.2 Å². The predicted molar refractivity (Wildman–Crippen MR) is 79.5 cm³/mol. The predicted octanol–water partition coefficient (Wildman–Crippen LogP) is 3.89. The lowest BCUT2D eigenvalue weighted by atomic mass is 9.87. The van der Waals surface area contributed by atoms with Crippen LogP contribution in [-0.2, 0) is 11.2 Å². The van der Waals surface area contributed by atoms with Crippen molar-refractivity contribution in [1.29, 1.82) is 0 Å². The molecular weight excluding hydrogens is 258 g/mol. The lowest BCUT2D eigenvalue weighted by molar-refractivity contribution is -0.121. The zero-order valence-corrected chi connectivity index (χ0v) is 12.5. The maximum atomic E-state index is 12.1. The van der Waals surface area contributed by atoms with Crippen molar-refractivity contribution in [3.05, 3.63) is 34.3 Å². The number of benzene rings is 1. The van der Waals surface area contributed by atoms with Gasteiger partial charge in [-0.3, -0.25) is 4.79 Å². The van der Waals surface area contributed by atoms with Crippen LogP contribution in [0.3, 0.4) is 0 Å². The molecule has 2 atom stereocenters. The summed E-state index contributed by atoms with van der Waals surface area (Å²) in [5.74, 6) is 0.862. The van der Waals surface area contributed by atoms with Crippen LogP contribution in [0.1, 0.15) is 43.7 Å². The van der Waals surface area contributed by atoms with Gasteiger partial charge in [-0.2, -0.15) is 0 Å². The number of rotatable bonds is 3. The summed E-state index contributed by atoms with van der Waals surface area (Å²) >= 11 is 5.92. The van der Waals surface area contributed by atoms with Gasteiger partial charge >= 0.3 is 0 Å². The molecule has 1 aromatic rings. The third-order valence-corrected chi connectivity index (χ3v) is 4.19. The molecule has 0 radical (unpaired) electrons. The molecule has 0 bridgehead atoms. The Morgan fingerprint density at radius 2 is 2.21 bits per heavy atom. The van der Waals surface area contributed by atoms with Gasteiger partial charge < -0.3 is 5.32 Å². The second-order valence-electron chi connectivity index (χ2n) is 5.78. The minimum absolute atomic E-state index is 0.129. The normalized spacial score (nSPS) is 23.1. The van der Waals surface area contributed by atoms with E-state index in [0.717, 1.165) is 34.9 Å². The molecule has 0 saturated heterocycles. The van der Waals surface area contributed by atoms with E-state index in [0.29, 0.717) is 12.5 Å². The standard InChI is InChI=1S/C16H22ClNO/c1-11-4-3-5-15(8-11)18-16(19)10-13-6-7-14(17)9-12(13)2/h6-7,9,11,15H,3-5,8,10H2,1-2H3,(H,18,19). The molecule has 1 fully saturated rings. The van der Waals surface area contributed by atoms with Crippen molar-refractivity contribution in [3.63, 3.8) is 0 Å². The first-order valence-corrected chi connectivity index (χ1v) is 7.47. The molecule has 19 heavy (non-hydrogen) atoms. The van der Waals surface area contributed by atoms with E-state index < -0.39 is 0 Å². The molecule has 1 aliphatic carbocycles. The number of halogens is 1. The fourth-order valence-corrected chi connectivity index (χ4v) is 3.10. The van der Waals surface area contributed by atoms with E-state index in [1.54, 1.807) is 0 Å². The third-order valence-electron chi connectivity index (χ3n) is 3.96. The van der Waals surface area contributed by atoms with E-state index in [1.807, 2.05) is 25.1 Å². The molecular formula is C16H22ClNO. The van der Waals surface area contributed by atoms with E-state index >= 15 is 0 Å². The monoisotopic (exact) mass is 279 g/mol. The Kier molecular flexibility index (Phi) is 4.87. The van der Waals surface area contributed by atoms with Gasteiger partial charge in [-0.1, -0.05) is 37.4 Å². The van der Waals surface area contributed by atoms with Crippen LogP contribution in [0, 0.1) is 12.8 Å². The van der Waals surface area contributed by atoms with Gasteiger partial charge in [-0.25, -0.2) is 0 Å². The number of carbonyl (C=O) groups excluding carboxylic acids is 1. The number of nitrogens with one attached hydrogen (secondary N) is 1. The lowest BCUT2D eigenvalue weighted by Crippen LogP contribution is -2.38. The van der Waals surface area contributed by atoms with Gasteiger partial charge in [-0.15, -0.1) is 0 Å². The highest BCUT2D eigenvalue weighted by Gasteiger charge is 2.20. The van der Waals surface area contributed by atoms with Crippen LogP contribution in [0.25, 0.3) is 0 Å². The summed E-state index contributed by atoms with van der Waals surface area (Å²) < 4.78 is 0. The summed E-state index contributed by atoms with van der Waals surface area (Å²) in [6.07, 6.45) is 5.21. The van der Waals surface area contributed by atoms with Crippen molar-refractivity contribution in [1.82, 2.24) is 5.32 Å². The molecule has 1 aromatic carbocycles. The lowest BCUT2D eigenvalue weighted by Gasteiger charge is -2.27. The second-order valence-corrected chi connectivity index (χ2v) is 6.22. The van der Waals surface area contributed by atoms with Gasteiger partial charge in [0.1, 0.15) is 0 Å². The molecule has 0 heterocycles. The molecule has 1 N–H and O–H groups in total. The fourth-order valence-electron chi connectivity index (χ4n) is 2.87. The van der Waals surface area contributed by atoms with Crippen molar-refractivity contribution in [2.45, 2.75) is 52.0 Å². The Morgan fingerprint density at radius 1 is 1.42 bits per heavy atom. The van der Waals surface area contributed by atoms with E-state index in [4.69, 9.17) is 11.6 Å². The largest absolute Gasteiger partial charge is 0.353 e. The highest BCUT2D eigenvalue weighted by atomic mass is 35.5. The van der Waals surface area contributed by atoms with E-state index in [9.17, 15) is 4.79 Å². The van der Waals surface area contributed by atoms with Gasteiger partial charge in [0, 0.05) is 11.1 Å². The van der Waals surface area contributed by atoms with Crippen LogP contribution in [0.4, 0.5) is 0 Å². The molecule has 2 rings (SSSR count). The van der Waals surface area contributed by atoms with Crippen LogP contribution in [0.5, 0.6) is 0 Å². The van der Waals surface area contributed by atoms with Crippen LogP contribution in [0.2, 0.25) is 5.02 Å². The molecule has 2 nitrogen and oxygen atoms in total. The Balaban J connectivity index is 1.90. The first-order valence-electron chi connectivity index (χ1n) is 7.09. The molecule has 0 spiro atoms. The number of carbonyl (C=O) groups is 1. The van der Waals surface area contributed by atoms with Crippen molar-refractivity contribution in [3.8, 4) is 0 Å². The summed E-state index contributed by atoms with van der Waals surface area (Å²) in [6, 6.07) is 6.07. The smallest absolute Gasteiger partial charge is 0.224 e. The second kappa shape index (κ2) is 6.42. The average molecular weight is 280 g/mol. The van der Waals surface area contributed by atoms with E-state index in [1.165, 1.54) is 12.8 Å². The number of amides is 1. The molecule has 1 aliphatic rings. The summed E-state index contributed by atoms with van der Waals surface area (Å²) in [4.78, 5) is 12.1. The average Bonchev–Trinajstić information content (AvgIpc) is 2.33. The maximum absolute atomic E-state index is 12.1. The SMILES string of the molecule is Cc1cc(Cl)ccc1CC(=O)NC1CCCC(C)C1. The summed E-state index contributed by atoms with van der Waals surface area (Å²) in [5, 5.41) is 3.89. The molecule has 0 aromatic heterocycles. The highest BCUT2D eigenvalue weighted by molar-refractivity contribution is 6.30. The zero-order valence-electron chi connectivity index (χ0n) is 11.7. The fraction of sp³-hybridized carbons (Fsp3) is 0.562. The topological polar surface area (TPSA) is 29.1 Å². The Bertz CT molecular complexity index is 458. The van der Waals surface area contributed by atoms with Gasteiger partial charge in [0.25, 0.3) is 0 Å². The number of hydrogen-bond donors (Lipinski definition) is 1. The Labute approximate surface area is 120 Å². The van der Waals surface area contributed by atoms with Crippen molar-refractivity contribution < 1.29 is 4.79 Å². The quantitative estimate of drug-likeness (QED) is 0.894. The van der Waals surface area contributed by atoms with Crippen molar-refractivity contribution >= 4 is 17.5 Å². The molecule has 1 saturated carbocycles. The molecule has 1 amide bonds. The third kappa shape index (κ3) is 4.24. The van der Waals surface area contributed by atoms with Crippen molar-refractivity contribution in [2.24, 2.45) is 5.92 Å². The summed E-state index contributed by atoms with van der Waals surface area (Å²) in [6.45, 7) is 4.26. The molecule has 2 unspecified atom stereocenters. The van der Waals surface area contributed by atoms with E-state index in [-0.39, 0.29) is 5.91 Å². The zero-order chi connectivity index (χ0) is 13.8. The van der Waals surface area contributed by atoms with Crippen LogP contribution < -0.4 is 5.32 Å². The van der Waals surface area contributed by atoms with Gasteiger partial charge in [0.2, 0.25) is 5.91 Å². The van der Waals surface area contributed by atoms with Crippen LogP contribution in [-0.4, -0.2) is 11.9 Å². The van der Waals surface area contributed by atoms with Crippen LogP contribution >= 0.6 is 11.6 Å². The van der Waals surface area contributed by atoms with Crippen molar-refractivity contribution in [2.75, 3.05) is 0 Å². The Hall–Kier alpha value is -1.02. The Morgan fingerprint density at radius 3 is 2.89 bits per heavy atom. The highest BCUT2D eigenvalue weighted by Crippen LogP contribution is 2.23. The maximum Gasteiger partial charge on any atom is 0.224 e. The molecule has 3 heteroatoms. The van der Waals surface area contributed by atoms with Gasteiger partial charge in [0.15, 0.2) is 0 Å². The molecule has 104 valence electrons. The first-order chi connectivity index (χ1) is 9.04. The summed E-state index contributed by atoms with van der Waals surface area (Å²) in [7, 11) is 0. The minimum atomic E-state index is 0.129. The minimum Gasteiger partial charge on any atom is -0.353 e. The van der Waals surface area contributed by atoms with Gasteiger partial charge in [-0.05, 0) is 48.9 Å². The first kappa shape index (κ1) is 14.4. The number of hydrogen-bond acceptors (Lipinski definition) is 1. The summed E-state index contributed by atoms with van der Waals surface area (Å²) in [5.41, 5.74) is 2.14. The number of aryl methyl sites for hydroxylation is 1.